The topological polar surface area (TPSA) is 137 Å². The Hall–Kier alpha value is -2.51. The lowest BCUT2D eigenvalue weighted by Gasteiger charge is -2.06. The maximum absolute atomic E-state index is 11.0. The molecule has 0 amide bonds. The largest absolute Gasteiger partial charge is 0.461 e. The SMILES string of the molecule is CC(=O)OCc1cc2c(cc1[N+](=O)[O-])C(Br)=NC2.O=[N+]([O-])c1cc2c(cc1CBr)CN=C2Br. The van der Waals surface area contributed by atoms with Crippen LogP contribution in [0, 0.1) is 20.2 Å². The summed E-state index contributed by atoms with van der Waals surface area (Å²) in [5.41, 5.74) is 4.60. The predicted octanol–water partition coefficient (Wildman–Crippen LogP) is 5.46. The van der Waals surface area contributed by atoms with Crippen LogP contribution in [0.3, 0.4) is 0 Å². The van der Waals surface area contributed by atoms with Crippen molar-refractivity contribution in [3.63, 3.8) is 0 Å². The number of rotatable bonds is 5. The Balaban J connectivity index is 0.000000189. The zero-order valence-corrected chi connectivity index (χ0v) is 21.8. The van der Waals surface area contributed by atoms with E-state index in [2.05, 4.69) is 57.8 Å². The minimum absolute atomic E-state index is 0.0657. The number of carbonyl (C=O) groups excluding carboxylic acids is 1. The summed E-state index contributed by atoms with van der Waals surface area (Å²) in [5, 5.41) is 22.3. The molecular formula is C20H15Br3N4O6. The van der Waals surface area contributed by atoms with Crippen molar-refractivity contribution in [2.45, 2.75) is 32.0 Å². The number of nitro benzene ring substituents is 2. The lowest BCUT2D eigenvalue weighted by Crippen LogP contribution is -2.04. The maximum Gasteiger partial charge on any atom is 0.302 e. The van der Waals surface area contributed by atoms with Crippen LogP contribution < -0.4 is 0 Å². The van der Waals surface area contributed by atoms with Gasteiger partial charge in [0.25, 0.3) is 11.4 Å². The molecule has 0 bridgehead atoms. The summed E-state index contributed by atoms with van der Waals surface area (Å²) in [5.74, 6) is -0.470. The molecule has 10 nitrogen and oxygen atoms in total. The number of fused-ring (bicyclic) bond motifs is 2. The first kappa shape index (κ1) is 25.1. The van der Waals surface area contributed by atoms with Crippen LogP contribution in [0.25, 0.3) is 0 Å². The standard InChI is InChI=1S/C11H9BrN2O4.C9H6Br2N2O2/c1-6(15)18-5-8-2-7-4-13-11(12)9(7)3-10(8)14(16)17;10-3-5-1-6-4-12-9(11)7(6)2-8(5)13(14)15/h2-3H,4-5H2,1H3;1-2H,3-4H2. The van der Waals surface area contributed by atoms with Gasteiger partial charge in [-0.15, -0.1) is 0 Å². The van der Waals surface area contributed by atoms with Crippen molar-refractivity contribution in [2.24, 2.45) is 9.98 Å². The summed E-state index contributed by atoms with van der Waals surface area (Å²) in [7, 11) is 0. The molecule has 0 aromatic heterocycles. The van der Waals surface area contributed by atoms with Gasteiger partial charge in [-0.25, -0.2) is 0 Å². The van der Waals surface area contributed by atoms with E-state index in [1.54, 1.807) is 12.1 Å². The molecule has 2 heterocycles. The molecule has 4 rings (SSSR count). The van der Waals surface area contributed by atoms with E-state index >= 15 is 0 Å². The van der Waals surface area contributed by atoms with Crippen LogP contribution in [0.5, 0.6) is 0 Å². The lowest BCUT2D eigenvalue weighted by atomic mass is 10.0. The maximum atomic E-state index is 11.0. The molecule has 2 aromatic rings. The Labute approximate surface area is 212 Å². The van der Waals surface area contributed by atoms with Crippen molar-refractivity contribution < 1.29 is 19.4 Å². The first-order chi connectivity index (χ1) is 15.6. The summed E-state index contributed by atoms with van der Waals surface area (Å²) in [6.07, 6.45) is 0. The highest BCUT2D eigenvalue weighted by molar-refractivity contribution is 9.18. The van der Waals surface area contributed by atoms with Crippen LogP contribution in [0.2, 0.25) is 0 Å². The number of benzene rings is 2. The van der Waals surface area contributed by atoms with E-state index in [0.29, 0.717) is 44.4 Å². The molecule has 2 aliphatic rings. The highest BCUT2D eigenvalue weighted by atomic mass is 79.9. The van der Waals surface area contributed by atoms with E-state index in [0.717, 1.165) is 16.7 Å². The molecule has 0 fully saturated rings. The van der Waals surface area contributed by atoms with Gasteiger partial charge in [0.05, 0.1) is 28.5 Å². The third kappa shape index (κ3) is 5.71. The number of carbonyl (C=O) groups is 1. The van der Waals surface area contributed by atoms with Gasteiger partial charge in [-0.2, -0.15) is 0 Å². The third-order valence-corrected chi connectivity index (χ3v) is 6.76. The second kappa shape index (κ2) is 10.6. The van der Waals surface area contributed by atoms with Crippen molar-refractivity contribution in [1.82, 2.24) is 0 Å². The second-order valence-electron chi connectivity index (χ2n) is 6.92. The van der Waals surface area contributed by atoms with E-state index < -0.39 is 10.9 Å². The fraction of sp³-hybridized carbons (Fsp3) is 0.250. The van der Waals surface area contributed by atoms with E-state index in [-0.39, 0.29) is 22.9 Å². The van der Waals surface area contributed by atoms with Gasteiger partial charge in [0.15, 0.2) is 0 Å². The number of nitro groups is 2. The second-order valence-corrected chi connectivity index (χ2v) is 8.98. The molecular weight excluding hydrogens is 632 g/mol. The molecule has 0 unspecified atom stereocenters. The Morgan fingerprint density at radius 1 is 0.939 bits per heavy atom. The summed E-state index contributed by atoms with van der Waals surface area (Å²) in [4.78, 5) is 40.0. The van der Waals surface area contributed by atoms with E-state index in [4.69, 9.17) is 4.74 Å². The number of halogens is 3. The third-order valence-electron chi connectivity index (χ3n) is 4.80. The molecule has 0 spiro atoms. The monoisotopic (exact) mass is 644 g/mol. The summed E-state index contributed by atoms with van der Waals surface area (Å²) >= 11 is 9.78. The summed E-state index contributed by atoms with van der Waals surface area (Å²) < 4.78 is 6.12. The Bertz CT molecular complexity index is 1230. The molecule has 0 saturated carbocycles. The average molecular weight is 647 g/mol. The average Bonchev–Trinajstić information content (AvgIpc) is 3.32. The number of aliphatic imine (C=N–C) groups is 2. The highest BCUT2D eigenvalue weighted by Crippen LogP contribution is 2.31. The normalized spacial score (nSPS) is 13.2. The zero-order valence-electron chi connectivity index (χ0n) is 17.0. The predicted molar refractivity (Wildman–Crippen MR) is 133 cm³/mol. The number of hydrogen-bond acceptors (Lipinski definition) is 8. The van der Waals surface area contributed by atoms with Crippen LogP contribution in [0.1, 0.15) is 40.3 Å². The number of ether oxygens (including phenoxy) is 1. The number of hydrogen-bond donors (Lipinski definition) is 0. The minimum atomic E-state index is -0.488. The summed E-state index contributed by atoms with van der Waals surface area (Å²) in [6.45, 7) is 2.23. The molecule has 2 aliphatic heterocycles. The quantitative estimate of drug-likeness (QED) is 0.183. The minimum Gasteiger partial charge on any atom is -0.461 e. The van der Waals surface area contributed by atoms with Crippen LogP contribution in [-0.2, 0) is 34.6 Å². The van der Waals surface area contributed by atoms with Crippen molar-refractivity contribution in [3.05, 3.63) is 77.9 Å². The molecule has 172 valence electrons. The van der Waals surface area contributed by atoms with Gasteiger partial charge < -0.3 is 4.74 Å². The van der Waals surface area contributed by atoms with Gasteiger partial charge >= 0.3 is 5.97 Å². The van der Waals surface area contributed by atoms with Gasteiger partial charge in [0.2, 0.25) is 0 Å². The van der Waals surface area contributed by atoms with Gasteiger partial charge in [-0.05, 0) is 55.1 Å². The Morgan fingerprint density at radius 2 is 1.39 bits per heavy atom. The molecule has 13 heteroatoms. The molecule has 0 saturated heterocycles. The molecule has 0 aliphatic carbocycles. The molecule has 0 radical (unpaired) electrons. The summed E-state index contributed by atoms with van der Waals surface area (Å²) in [6, 6.07) is 6.52. The van der Waals surface area contributed by atoms with Gasteiger partial charge in [0.1, 0.15) is 15.8 Å². The van der Waals surface area contributed by atoms with Crippen LogP contribution >= 0.6 is 47.8 Å². The zero-order chi connectivity index (χ0) is 24.3. The van der Waals surface area contributed by atoms with Crippen LogP contribution in [0.4, 0.5) is 11.4 Å². The Kier molecular flexibility index (Phi) is 8.08. The van der Waals surface area contributed by atoms with E-state index in [1.807, 2.05) is 6.07 Å². The molecule has 0 atom stereocenters. The molecule has 0 N–H and O–H groups in total. The first-order valence-corrected chi connectivity index (χ1v) is 12.0. The lowest BCUT2D eigenvalue weighted by molar-refractivity contribution is -0.385. The van der Waals surface area contributed by atoms with Crippen molar-refractivity contribution in [1.29, 1.82) is 0 Å². The number of nitrogens with zero attached hydrogens (tertiary/aromatic N) is 4. The van der Waals surface area contributed by atoms with Crippen LogP contribution in [-0.4, -0.2) is 25.1 Å². The molecule has 33 heavy (non-hydrogen) atoms. The number of alkyl halides is 1. The van der Waals surface area contributed by atoms with E-state index in [9.17, 15) is 25.0 Å². The van der Waals surface area contributed by atoms with Gasteiger partial charge in [-0.3, -0.25) is 35.0 Å². The smallest absolute Gasteiger partial charge is 0.302 e. The fourth-order valence-electron chi connectivity index (χ4n) is 3.24. The highest BCUT2D eigenvalue weighted by Gasteiger charge is 2.23. The number of esters is 1. The fourth-order valence-corrected chi connectivity index (χ4v) is 4.67. The van der Waals surface area contributed by atoms with Gasteiger partial charge in [0, 0.05) is 41.1 Å². The van der Waals surface area contributed by atoms with Crippen molar-refractivity contribution in [3.8, 4) is 0 Å². The first-order valence-electron chi connectivity index (χ1n) is 9.32. The van der Waals surface area contributed by atoms with Crippen LogP contribution in [0.15, 0.2) is 34.3 Å². The van der Waals surface area contributed by atoms with E-state index in [1.165, 1.54) is 13.0 Å². The Morgan fingerprint density at radius 3 is 1.82 bits per heavy atom. The molecule has 2 aromatic carbocycles. The van der Waals surface area contributed by atoms with Gasteiger partial charge in [-0.1, -0.05) is 15.9 Å². The van der Waals surface area contributed by atoms with Crippen molar-refractivity contribution >= 4 is 74.4 Å². The van der Waals surface area contributed by atoms with Crippen molar-refractivity contribution in [2.75, 3.05) is 0 Å².